The Morgan fingerprint density at radius 3 is 2.58 bits per heavy atom. The molecule has 2 aromatic rings. The molecule has 0 spiro atoms. The first kappa shape index (κ1) is 16.4. The van der Waals surface area contributed by atoms with Crippen molar-refractivity contribution in [1.29, 1.82) is 0 Å². The van der Waals surface area contributed by atoms with Crippen molar-refractivity contribution in [2.45, 2.75) is 26.7 Å². The van der Waals surface area contributed by atoms with Gasteiger partial charge in [0, 0.05) is 37.0 Å². The van der Waals surface area contributed by atoms with Crippen LogP contribution in [0.3, 0.4) is 0 Å². The standard InChI is InChI=1S/C18H23N3O3/c1-5-21-10-15(12-8-19-20(4)9-12)18(24-21)14-6-13(11(2)3)16(22)7-17(14)23/h6-9,11,22-23H,5,10H2,1-4H3. The van der Waals surface area contributed by atoms with Gasteiger partial charge in [-0.1, -0.05) is 13.8 Å². The van der Waals surface area contributed by atoms with Gasteiger partial charge < -0.3 is 15.1 Å². The van der Waals surface area contributed by atoms with E-state index in [9.17, 15) is 10.2 Å². The van der Waals surface area contributed by atoms with Crippen molar-refractivity contribution in [1.82, 2.24) is 14.8 Å². The van der Waals surface area contributed by atoms with E-state index in [0.717, 1.165) is 23.2 Å². The van der Waals surface area contributed by atoms with Gasteiger partial charge in [0.05, 0.1) is 18.3 Å². The molecule has 1 aliphatic heterocycles. The first-order chi connectivity index (χ1) is 11.4. The van der Waals surface area contributed by atoms with Crippen LogP contribution in [0, 0.1) is 0 Å². The summed E-state index contributed by atoms with van der Waals surface area (Å²) in [5.74, 6) is 0.853. The first-order valence-corrected chi connectivity index (χ1v) is 8.12. The molecule has 1 aliphatic rings. The van der Waals surface area contributed by atoms with E-state index < -0.39 is 0 Å². The van der Waals surface area contributed by atoms with E-state index in [-0.39, 0.29) is 17.4 Å². The van der Waals surface area contributed by atoms with Crippen LogP contribution < -0.4 is 0 Å². The maximum atomic E-state index is 10.4. The minimum atomic E-state index is 0.00578. The van der Waals surface area contributed by atoms with Gasteiger partial charge in [0.25, 0.3) is 0 Å². The number of phenolic OH excluding ortho intramolecular Hbond substituents is 2. The number of rotatable bonds is 4. The highest BCUT2D eigenvalue weighted by molar-refractivity contribution is 5.91. The zero-order chi connectivity index (χ0) is 17.4. The second-order valence-corrected chi connectivity index (χ2v) is 6.34. The molecule has 0 saturated carbocycles. The van der Waals surface area contributed by atoms with Gasteiger partial charge in [-0.05, 0) is 24.5 Å². The Balaban J connectivity index is 2.15. The summed E-state index contributed by atoms with van der Waals surface area (Å²) in [6.45, 7) is 7.36. The fraction of sp³-hybridized carbons (Fsp3) is 0.389. The molecule has 2 N–H and O–H groups in total. The lowest BCUT2D eigenvalue weighted by molar-refractivity contribution is -0.0556. The smallest absolute Gasteiger partial charge is 0.163 e. The Hall–Kier alpha value is -2.47. The molecule has 0 radical (unpaired) electrons. The monoisotopic (exact) mass is 329 g/mol. The Morgan fingerprint density at radius 2 is 2.00 bits per heavy atom. The number of hydrogen-bond donors (Lipinski definition) is 2. The molecular formula is C18H23N3O3. The van der Waals surface area contributed by atoms with Gasteiger partial charge in [-0.25, -0.2) is 0 Å². The Kier molecular flexibility index (Phi) is 4.24. The SMILES string of the molecule is CCN1CC(c2cnn(C)c2)=C(c2cc(C(C)C)c(O)cc2O)O1. The van der Waals surface area contributed by atoms with Crippen LogP contribution in [0.5, 0.6) is 11.5 Å². The lowest BCUT2D eigenvalue weighted by atomic mass is 9.96. The van der Waals surface area contributed by atoms with Gasteiger partial charge in [-0.15, -0.1) is 5.06 Å². The number of nitrogens with zero attached hydrogens (tertiary/aromatic N) is 3. The number of aromatic nitrogens is 2. The minimum absolute atomic E-state index is 0.00578. The Morgan fingerprint density at radius 1 is 1.25 bits per heavy atom. The van der Waals surface area contributed by atoms with E-state index in [2.05, 4.69) is 5.10 Å². The third kappa shape index (κ3) is 2.85. The van der Waals surface area contributed by atoms with Crippen LogP contribution in [0.4, 0.5) is 0 Å². The first-order valence-electron chi connectivity index (χ1n) is 8.12. The van der Waals surface area contributed by atoms with Crippen molar-refractivity contribution in [3.05, 3.63) is 41.2 Å². The summed E-state index contributed by atoms with van der Waals surface area (Å²) in [5.41, 5.74) is 3.30. The number of benzene rings is 1. The third-order valence-electron chi connectivity index (χ3n) is 4.25. The Labute approximate surface area is 141 Å². The minimum Gasteiger partial charge on any atom is -0.508 e. The molecule has 0 fully saturated rings. The molecule has 6 heteroatoms. The van der Waals surface area contributed by atoms with Crippen LogP contribution in [0.15, 0.2) is 24.5 Å². The quantitative estimate of drug-likeness (QED) is 0.902. The number of hydrogen-bond acceptors (Lipinski definition) is 5. The van der Waals surface area contributed by atoms with E-state index >= 15 is 0 Å². The highest BCUT2D eigenvalue weighted by Gasteiger charge is 2.29. The second-order valence-electron chi connectivity index (χ2n) is 6.34. The largest absolute Gasteiger partial charge is 0.508 e. The van der Waals surface area contributed by atoms with Crippen molar-refractivity contribution in [2.24, 2.45) is 7.05 Å². The zero-order valence-electron chi connectivity index (χ0n) is 14.4. The summed E-state index contributed by atoms with van der Waals surface area (Å²) >= 11 is 0. The van der Waals surface area contributed by atoms with E-state index in [1.54, 1.807) is 16.9 Å². The zero-order valence-corrected chi connectivity index (χ0v) is 14.4. The number of likely N-dealkylation sites (N-methyl/N-ethyl adjacent to an activating group) is 1. The fourth-order valence-corrected chi connectivity index (χ4v) is 2.89. The number of phenols is 2. The summed E-state index contributed by atoms with van der Waals surface area (Å²) in [5, 5.41) is 26.5. The average Bonchev–Trinajstić information content (AvgIpc) is 3.13. The summed E-state index contributed by atoms with van der Waals surface area (Å²) < 4.78 is 1.74. The summed E-state index contributed by atoms with van der Waals surface area (Å²) in [7, 11) is 1.87. The molecule has 0 bridgehead atoms. The van der Waals surface area contributed by atoms with Crippen LogP contribution in [-0.2, 0) is 11.9 Å². The summed E-state index contributed by atoms with van der Waals surface area (Å²) in [6, 6.07) is 3.19. The molecule has 128 valence electrons. The molecule has 0 amide bonds. The predicted octanol–water partition coefficient (Wildman–Crippen LogP) is 3.09. The van der Waals surface area contributed by atoms with Gasteiger partial charge >= 0.3 is 0 Å². The van der Waals surface area contributed by atoms with Crippen molar-refractivity contribution >= 4 is 11.3 Å². The maximum absolute atomic E-state index is 10.4. The average molecular weight is 329 g/mol. The van der Waals surface area contributed by atoms with Crippen LogP contribution in [0.25, 0.3) is 11.3 Å². The van der Waals surface area contributed by atoms with Crippen molar-refractivity contribution in [3.63, 3.8) is 0 Å². The van der Waals surface area contributed by atoms with Crippen LogP contribution in [0.1, 0.15) is 43.4 Å². The van der Waals surface area contributed by atoms with Crippen molar-refractivity contribution < 1.29 is 15.1 Å². The van der Waals surface area contributed by atoms with Crippen LogP contribution in [0.2, 0.25) is 0 Å². The van der Waals surface area contributed by atoms with E-state index in [0.29, 0.717) is 17.9 Å². The van der Waals surface area contributed by atoms with Gasteiger partial charge in [0.15, 0.2) is 5.76 Å². The predicted molar refractivity (Wildman–Crippen MR) is 92.2 cm³/mol. The van der Waals surface area contributed by atoms with Gasteiger partial charge in [-0.2, -0.15) is 5.10 Å². The summed E-state index contributed by atoms with van der Waals surface area (Å²) in [6.07, 6.45) is 3.72. The number of hydroxylamine groups is 2. The fourth-order valence-electron chi connectivity index (χ4n) is 2.89. The second kappa shape index (κ2) is 6.20. The molecular weight excluding hydrogens is 306 g/mol. The molecule has 2 heterocycles. The lowest BCUT2D eigenvalue weighted by Gasteiger charge is -2.16. The molecule has 0 aliphatic carbocycles. The van der Waals surface area contributed by atoms with Gasteiger partial charge in [-0.3, -0.25) is 4.68 Å². The Bertz CT molecular complexity index is 793. The molecule has 6 nitrogen and oxygen atoms in total. The van der Waals surface area contributed by atoms with Crippen molar-refractivity contribution in [2.75, 3.05) is 13.1 Å². The van der Waals surface area contributed by atoms with E-state index in [1.165, 1.54) is 6.07 Å². The lowest BCUT2D eigenvalue weighted by Crippen LogP contribution is -2.18. The van der Waals surface area contributed by atoms with Crippen molar-refractivity contribution in [3.8, 4) is 11.5 Å². The molecule has 0 atom stereocenters. The normalized spacial score (nSPS) is 15.4. The molecule has 1 aromatic heterocycles. The number of aromatic hydroxyl groups is 2. The van der Waals surface area contributed by atoms with Crippen LogP contribution >= 0.6 is 0 Å². The highest BCUT2D eigenvalue weighted by Crippen LogP contribution is 2.41. The highest BCUT2D eigenvalue weighted by atomic mass is 16.7. The molecule has 24 heavy (non-hydrogen) atoms. The summed E-state index contributed by atoms with van der Waals surface area (Å²) in [4.78, 5) is 5.96. The maximum Gasteiger partial charge on any atom is 0.163 e. The molecule has 3 rings (SSSR count). The number of aryl methyl sites for hydroxylation is 1. The molecule has 0 unspecified atom stereocenters. The van der Waals surface area contributed by atoms with Gasteiger partial charge in [0.1, 0.15) is 11.5 Å². The molecule has 0 saturated heterocycles. The third-order valence-corrected chi connectivity index (χ3v) is 4.25. The molecule has 1 aromatic carbocycles. The van der Waals surface area contributed by atoms with E-state index in [4.69, 9.17) is 4.84 Å². The van der Waals surface area contributed by atoms with Crippen LogP contribution in [-0.4, -0.2) is 38.1 Å². The van der Waals surface area contributed by atoms with E-state index in [1.807, 2.05) is 39.1 Å². The van der Waals surface area contributed by atoms with Gasteiger partial charge in [0.2, 0.25) is 0 Å². The topological polar surface area (TPSA) is 70.8 Å².